The molecule has 0 radical (unpaired) electrons. The highest BCUT2D eigenvalue weighted by Gasteiger charge is 2.13. The molecule has 0 bridgehead atoms. The van der Waals surface area contributed by atoms with Gasteiger partial charge in [0.05, 0.1) is 44.2 Å². The van der Waals surface area contributed by atoms with E-state index in [0.29, 0.717) is 57.3 Å². The van der Waals surface area contributed by atoms with Gasteiger partial charge in [0, 0.05) is 11.8 Å². The molecule has 0 fully saturated rings. The Morgan fingerprint density at radius 1 is 0.886 bits per heavy atom. The van der Waals surface area contributed by atoms with Crippen molar-refractivity contribution in [2.24, 2.45) is 0 Å². The summed E-state index contributed by atoms with van der Waals surface area (Å²) in [7, 11) is 4.59. The molecule has 0 atom stereocenters. The van der Waals surface area contributed by atoms with Gasteiger partial charge in [-0.2, -0.15) is 0 Å². The zero-order chi connectivity index (χ0) is 24.8. The van der Waals surface area contributed by atoms with Crippen LogP contribution in [0.5, 0.6) is 28.9 Å². The lowest BCUT2D eigenvalue weighted by atomic mass is 10.1. The van der Waals surface area contributed by atoms with Crippen molar-refractivity contribution in [2.45, 2.75) is 6.42 Å². The minimum Gasteiger partial charge on any atom is -0.496 e. The molecular formula is C26H23N3O6. The molecule has 4 aromatic rings. The molecule has 0 saturated heterocycles. The van der Waals surface area contributed by atoms with E-state index in [4.69, 9.17) is 18.9 Å². The summed E-state index contributed by atoms with van der Waals surface area (Å²) in [4.78, 5) is 32.2. The van der Waals surface area contributed by atoms with Gasteiger partial charge < -0.3 is 24.3 Å². The predicted octanol–water partition coefficient (Wildman–Crippen LogP) is 4.44. The van der Waals surface area contributed by atoms with Gasteiger partial charge in [0.25, 0.3) is 0 Å². The number of aromatic nitrogens is 2. The van der Waals surface area contributed by atoms with Crippen molar-refractivity contribution >= 4 is 28.8 Å². The first-order valence-electron chi connectivity index (χ1n) is 10.6. The fourth-order valence-corrected chi connectivity index (χ4v) is 3.52. The quantitative estimate of drug-likeness (QED) is 0.355. The Morgan fingerprint density at radius 3 is 2.29 bits per heavy atom. The van der Waals surface area contributed by atoms with E-state index in [9.17, 15) is 9.59 Å². The molecular weight excluding hydrogens is 450 g/mol. The van der Waals surface area contributed by atoms with Crippen LogP contribution in [-0.4, -0.2) is 43.5 Å². The Balaban J connectivity index is 1.45. The van der Waals surface area contributed by atoms with Crippen molar-refractivity contribution < 1.29 is 28.5 Å². The first-order valence-corrected chi connectivity index (χ1v) is 10.6. The number of aldehydes is 1. The number of hydrogen-bond donors (Lipinski definition) is 1. The average molecular weight is 473 g/mol. The number of nitrogens with zero attached hydrogens (tertiary/aromatic N) is 2. The van der Waals surface area contributed by atoms with Crippen LogP contribution in [0.3, 0.4) is 0 Å². The normalized spacial score (nSPS) is 10.5. The number of carbonyl (C=O) groups is 2. The fourth-order valence-electron chi connectivity index (χ4n) is 3.52. The van der Waals surface area contributed by atoms with Crippen molar-refractivity contribution in [2.75, 3.05) is 26.6 Å². The van der Waals surface area contributed by atoms with Crippen molar-refractivity contribution in [1.29, 1.82) is 0 Å². The number of ether oxygens (including phenoxy) is 4. The predicted molar refractivity (Wildman–Crippen MR) is 130 cm³/mol. The van der Waals surface area contributed by atoms with Crippen molar-refractivity contribution in [1.82, 2.24) is 9.97 Å². The lowest BCUT2D eigenvalue weighted by Gasteiger charge is -2.12. The number of fused-ring (bicyclic) bond motifs is 1. The molecule has 1 heterocycles. The Bertz CT molecular complexity index is 1370. The second-order valence-electron chi connectivity index (χ2n) is 7.45. The smallest absolute Gasteiger partial charge is 0.230 e. The van der Waals surface area contributed by atoms with E-state index in [2.05, 4.69) is 15.3 Å². The first-order chi connectivity index (χ1) is 17.0. The number of rotatable bonds is 9. The molecule has 1 amide bonds. The number of nitrogens with one attached hydrogen (secondary N) is 1. The lowest BCUT2D eigenvalue weighted by Crippen LogP contribution is -2.14. The number of carbonyl (C=O) groups excluding carboxylic acids is 2. The molecule has 0 aliphatic carbocycles. The Kier molecular flexibility index (Phi) is 7.06. The summed E-state index contributed by atoms with van der Waals surface area (Å²) in [5.74, 6) is 2.25. The largest absolute Gasteiger partial charge is 0.496 e. The monoisotopic (exact) mass is 473 g/mol. The van der Waals surface area contributed by atoms with Crippen LogP contribution in [0.4, 0.5) is 5.69 Å². The number of methoxy groups -OCH3 is 3. The van der Waals surface area contributed by atoms with Crippen molar-refractivity contribution in [3.8, 4) is 28.9 Å². The van der Waals surface area contributed by atoms with Gasteiger partial charge in [-0.3, -0.25) is 9.59 Å². The molecule has 0 saturated carbocycles. The Labute approximate surface area is 201 Å². The van der Waals surface area contributed by atoms with E-state index in [-0.39, 0.29) is 12.3 Å². The van der Waals surface area contributed by atoms with Crippen molar-refractivity contribution in [3.05, 3.63) is 72.1 Å². The molecule has 0 aliphatic heterocycles. The van der Waals surface area contributed by atoms with Crippen LogP contribution in [0, 0.1) is 0 Å². The van der Waals surface area contributed by atoms with Gasteiger partial charge in [-0.05, 0) is 42.0 Å². The molecule has 0 unspecified atom stereocenters. The molecule has 4 rings (SSSR count). The highest BCUT2D eigenvalue weighted by atomic mass is 16.5. The van der Waals surface area contributed by atoms with Crippen LogP contribution in [0.2, 0.25) is 0 Å². The molecule has 1 N–H and O–H groups in total. The fraction of sp³-hybridized carbons (Fsp3) is 0.154. The first kappa shape index (κ1) is 23.5. The minimum atomic E-state index is -0.219. The number of amides is 1. The highest BCUT2D eigenvalue weighted by molar-refractivity contribution is 5.93. The van der Waals surface area contributed by atoms with Gasteiger partial charge in [-0.15, -0.1) is 0 Å². The van der Waals surface area contributed by atoms with E-state index in [1.165, 1.54) is 13.4 Å². The number of anilines is 1. The lowest BCUT2D eigenvalue weighted by molar-refractivity contribution is -0.115. The molecule has 35 heavy (non-hydrogen) atoms. The van der Waals surface area contributed by atoms with E-state index in [0.717, 1.165) is 5.56 Å². The summed E-state index contributed by atoms with van der Waals surface area (Å²) in [6.45, 7) is 0. The molecule has 9 heteroatoms. The second-order valence-corrected chi connectivity index (χ2v) is 7.45. The zero-order valence-electron chi connectivity index (χ0n) is 19.4. The van der Waals surface area contributed by atoms with E-state index in [1.807, 2.05) is 0 Å². The second kappa shape index (κ2) is 10.5. The summed E-state index contributed by atoms with van der Waals surface area (Å²) >= 11 is 0. The molecule has 0 spiro atoms. The molecule has 3 aromatic carbocycles. The maximum atomic E-state index is 12.5. The van der Waals surface area contributed by atoms with Crippen LogP contribution in [0.25, 0.3) is 10.9 Å². The number of benzene rings is 3. The van der Waals surface area contributed by atoms with Gasteiger partial charge in [0.1, 0.15) is 17.8 Å². The van der Waals surface area contributed by atoms with Crippen LogP contribution in [-0.2, 0) is 11.2 Å². The van der Waals surface area contributed by atoms with Crippen LogP contribution < -0.4 is 24.3 Å². The number of hydrogen-bond acceptors (Lipinski definition) is 8. The Hall–Kier alpha value is -4.66. The molecule has 1 aromatic heterocycles. The average Bonchev–Trinajstić information content (AvgIpc) is 2.89. The molecule has 178 valence electrons. The minimum absolute atomic E-state index is 0.149. The van der Waals surface area contributed by atoms with Gasteiger partial charge in [0.15, 0.2) is 17.8 Å². The van der Waals surface area contributed by atoms with Crippen LogP contribution in [0.15, 0.2) is 60.9 Å². The summed E-state index contributed by atoms with van der Waals surface area (Å²) < 4.78 is 21.8. The van der Waals surface area contributed by atoms with Gasteiger partial charge in [0.2, 0.25) is 11.8 Å². The summed E-state index contributed by atoms with van der Waals surface area (Å²) in [6.07, 6.45) is 2.24. The van der Waals surface area contributed by atoms with Gasteiger partial charge in [-0.1, -0.05) is 12.1 Å². The SMILES string of the molecule is COc1ccc(NC(=O)Cc2ccc(Oc3ncnc4cc(OC)c(OC)cc34)cc2)cc1C=O. The van der Waals surface area contributed by atoms with E-state index >= 15 is 0 Å². The van der Waals surface area contributed by atoms with E-state index < -0.39 is 0 Å². The third-order valence-electron chi connectivity index (χ3n) is 5.25. The third-order valence-corrected chi connectivity index (χ3v) is 5.25. The maximum Gasteiger partial charge on any atom is 0.230 e. The van der Waals surface area contributed by atoms with Crippen LogP contribution >= 0.6 is 0 Å². The molecule has 9 nitrogen and oxygen atoms in total. The van der Waals surface area contributed by atoms with Crippen molar-refractivity contribution in [3.63, 3.8) is 0 Å². The third kappa shape index (κ3) is 5.30. The summed E-state index contributed by atoms with van der Waals surface area (Å²) in [6, 6.07) is 15.5. The topological polar surface area (TPSA) is 109 Å². The highest BCUT2D eigenvalue weighted by Crippen LogP contribution is 2.35. The van der Waals surface area contributed by atoms with E-state index in [1.54, 1.807) is 68.8 Å². The maximum absolute atomic E-state index is 12.5. The summed E-state index contributed by atoms with van der Waals surface area (Å²) in [5, 5.41) is 3.46. The summed E-state index contributed by atoms with van der Waals surface area (Å²) in [5.41, 5.74) is 2.32. The van der Waals surface area contributed by atoms with Gasteiger partial charge >= 0.3 is 0 Å². The zero-order valence-corrected chi connectivity index (χ0v) is 19.4. The molecule has 0 aliphatic rings. The van der Waals surface area contributed by atoms with Crippen LogP contribution in [0.1, 0.15) is 15.9 Å². The standard InChI is InChI=1S/C26H23N3O6/c1-32-22-9-6-18(11-17(22)14-30)29-25(31)10-16-4-7-19(8-5-16)35-26-20-12-23(33-2)24(34-3)13-21(20)27-15-28-26/h4-9,11-15H,10H2,1-3H3,(H,29,31). The Morgan fingerprint density at radius 2 is 1.60 bits per heavy atom. The van der Waals surface area contributed by atoms with Gasteiger partial charge in [-0.25, -0.2) is 9.97 Å².